The van der Waals surface area contributed by atoms with Crippen molar-refractivity contribution in [1.29, 1.82) is 0 Å². The number of H-pyrrole nitrogens is 1. The molecule has 0 aliphatic heterocycles. The molecule has 0 spiro atoms. The summed E-state index contributed by atoms with van der Waals surface area (Å²) in [5.74, 6) is 0.734. The Labute approximate surface area is 268 Å². The number of likely N-dealkylation sites (N-methyl/N-ethyl adjacent to an activating group) is 1. The number of hydrogen-bond acceptors (Lipinski definition) is 7. The molecule has 0 bridgehead atoms. The number of carbonyl (C=O) groups excluding carboxylic acids is 3. The normalized spacial score (nSPS) is 12.0. The molecule has 0 saturated heterocycles. The Balaban J connectivity index is 1.53. The first-order valence-electron chi connectivity index (χ1n) is 14.8. The minimum absolute atomic E-state index is 0.190. The number of aromatic amines is 1. The fraction of sp³-hybridized carbons (Fsp3) is 0.343. The third kappa shape index (κ3) is 9.28. The molecule has 0 saturated carbocycles. The Morgan fingerprint density at radius 2 is 1.73 bits per heavy atom. The molecular weight excluding hydrogens is 590 g/mol. The number of para-hydroxylation sites is 1. The fourth-order valence-electron chi connectivity index (χ4n) is 4.91. The number of anilines is 1. The summed E-state index contributed by atoms with van der Waals surface area (Å²) in [6.07, 6.45) is -0.217. The van der Waals surface area contributed by atoms with Gasteiger partial charge in [-0.15, -0.1) is 11.8 Å². The van der Waals surface area contributed by atoms with Crippen LogP contribution in [0.2, 0.25) is 0 Å². The third-order valence-electron chi connectivity index (χ3n) is 7.03. The number of ether oxygens (including phenoxy) is 3. The molecule has 1 heterocycles. The van der Waals surface area contributed by atoms with Crippen LogP contribution in [0.3, 0.4) is 0 Å². The molecule has 0 aliphatic carbocycles. The molecule has 1 unspecified atom stereocenters. The first-order valence-corrected chi connectivity index (χ1v) is 15.8. The van der Waals surface area contributed by atoms with Crippen LogP contribution in [0.1, 0.15) is 44.5 Å². The lowest BCUT2D eigenvalue weighted by Crippen LogP contribution is -2.50. The topological polar surface area (TPSA) is 110 Å². The highest BCUT2D eigenvalue weighted by molar-refractivity contribution is 7.98. The molecule has 10 heteroatoms. The van der Waals surface area contributed by atoms with Gasteiger partial charge in [-0.3, -0.25) is 9.59 Å². The number of fused-ring (bicyclic) bond motifs is 1. The minimum Gasteiger partial charge on any atom is -0.497 e. The van der Waals surface area contributed by atoms with Gasteiger partial charge in [0.25, 0.3) is 0 Å². The van der Waals surface area contributed by atoms with Gasteiger partial charge in [-0.25, -0.2) is 4.79 Å². The zero-order valence-corrected chi connectivity index (χ0v) is 27.5. The van der Waals surface area contributed by atoms with Crippen LogP contribution in [0, 0.1) is 0 Å². The summed E-state index contributed by atoms with van der Waals surface area (Å²) in [7, 11) is 3.26. The molecule has 45 heavy (non-hydrogen) atoms. The van der Waals surface area contributed by atoms with Gasteiger partial charge in [0.2, 0.25) is 5.91 Å². The van der Waals surface area contributed by atoms with Crippen molar-refractivity contribution in [1.82, 2.24) is 10.3 Å². The number of methoxy groups -OCH3 is 1. The van der Waals surface area contributed by atoms with Gasteiger partial charge < -0.3 is 29.4 Å². The maximum absolute atomic E-state index is 13.7. The molecule has 9 nitrogen and oxygen atoms in total. The Kier molecular flexibility index (Phi) is 11.2. The number of aromatic nitrogens is 1. The highest BCUT2D eigenvalue weighted by Gasteiger charge is 2.28. The minimum atomic E-state index is -0.878. The molecule has 0 fully saturated rings. The van der Waals surface area contributed by atoms with Crippen molar-refractivity contribution in [2.75, 3.05) is 25.7 Å². The van der Waals surface area contributed by atoms with E-state index < -0.39 is 17.7 Å². The molecule has 2 N–H and O–H groups in total. The second-order valence-electron chi connectivity index (χ2n) is 11.5. The molecule has 0 aliphatic rings. The van der Waals surface area contributed by atoms with E-state index in [-0.39, 0.29) is 24.7 Å². The quantitative estimate of drug-likeness (QED) is 0.133. The smallest absolute Gasteiger partial charge is 0.408 e. The lowest BCUT2D eigenvalue weighted by atomic mass is 10.0. The van der Waals surface area contributed by atoms with Gasteiger partial charge >= 0.3 is 12.1 Å². The number of nitrogens with one attached hydrogen (secondary N) is 2. The van der Waals surface area contributed by atoms with E-state index in [9.17, 15) is 14.4 Å². The van der Waals surface area contributed by atoms with Crippen LogP contribution >= 0.6 is 11.8 Å². The van der Waals surface area contributed by atoms with Gasteiger partial charge in [0.1, 0.15) is 17.4 Å². The lowest BCUT2D eigenvalue weighted by molar-refractivity contribution is -0.142. The largest absolute Gasteiger partial charge is 0.497 e. The summed E-state index contributed by atoms with van der Waals surface area (Å²) in [6.45, 7) is 7.46. The fourth-order valence-corrected chi connectivity index (χ4v) is 5.87. The number of nitrogens with zero attached hydrogens (tertiary/aromatic N) is 1. The number of esters is 1. The summed E-state index contributed by atoms with van der Waals surface area (Å²) >= 11 is 1.62. The van der Waals surface area contributed by atoms with Gasteiger partial charge in [-0.05, 0) is 81.3 Å². The second kappa shape index (κ2) is 15.0. The van der Waals surface area contributed by atoms with Gasteiger partial charge in [0, 0.05) is 46.4 Å². The van der Waals surface area contributed by atoms with E-state index in [2.05, 4.69) is 10.3 Å². The van der Waals surface area contributed by atoms with Crippen LogP contribution in [0.25, 0.3) is 10.9 Å². The van der Waals surface area contributed by atoms with Crippen LogP contribution in [0.5, 0.6) is 5.75 Å². The number of rotatable bonds is 12. The lowest BCUT2D eigenvalue weighted by Gasteiger charge is -2.27. The predicted octanol–water partition coefficient (Wildman–Crippen LogP) is 6.67. The standard InChI is InChI=1S/C35H41N3O6S/c1-7-43-32(39)21-28-27-13-8-9-14-29(27)36-31(28)22-45-26-12-10-11-23(19-26)20-30(37-34(41)44-35(2,3)4)33(40)38(5)24-15-17-25(42-6)18-16-24/h8-19,30,36H,7,20-22H2,1-6H3,(H,37,41). The average molecular weight is 632 g/mol. The predicted molar refractivity (Wildman–Crippen MR) is 178 cm³/mol. The van der Waals surface area contributed by atoms with Crippen molar-refractivity contribution in [3.05, 3.63) is 89.6 Å². The third-order valence-corrected chi connectivity index (χ3v) is 8.05. The molecule has 1 aromatic heterocycles. The monoisotopic (exact) mass is 631 g/mol. The number of hydrogen-bond donors (Lipinski definition) is 2. The molecule has 3 aromatic carbocycles. The highest BCUT2D eigenvalue weighted by atomic mass is 32.2. The summed E-state index contributed by atoms with van der Waals surface area (Å²) in [4.78, 5) is 44.9. The number of thioether (sulfide) groups is 1. The highest BCUT2D eigenvalue weighted by Crippen LogP contribution is 2.30. The molecular formula is C35H41N3O6S. The number of carbonyl (C=O) groups is 3. The van der Waals surface area contributed by atoms with Gasteiger partial charge in [-0.1, -0.05) is 30.3 Å². The van der Waals surface area contributed by atoms with Crippen LogP contribution in [-0.4, -0.2) is 55.4 Å². The SMILES string of the molecule is CCOC(=O)Cc1c(CSc2cccc(CC(NC(=O)OC(C)(C)C)C(=O)N(C)c3ccc(OC)cc3)c2)[nH]c2ccccc12. The zero-order valence-electron chi connectivity index (χ0n) is 26.6. The van der Waals surface area contributed by atoms with E-state index in [1.54, 1.807) is 77.9 Å². The molecule has 1 atom stereocenters. The van der Waals surface area contributed by atoms with E-state index in [0.717, 1.165) is 32.6 Å². The summed E-state index contributed by atoms with van der Waals surface area (Å²) in [6, 6.07) is 22.1. The number of alkyl carbamates (subject to hydrolysis) is 1. The summed E-state index contributed by atoms with van der Waals surface area (Å²) in [5.41, 5.74) is 3.68. The van der Waals surface area contributed by atoms with Crippen molar-refractivity contribution < 1.29 is 28.6 Å². The van der Waals surface area contributed by atoms with Crippen LogP contribution in [0.15, 0.2) is 77.7 Å². The Hall–Kier alpha value is -4.44. The van der Waals surface area contributed by atoms with E-state index in [1.807, 2.05) is 48.5 Å². The number of amides is 2. The summed E-state index contributed by atoms with van der Waals surface area (Å²) in [5, 5.41) is 3.80. The van der Waals surface area contributed by atoms with Gasteiger partial charge in [-0.2, -0.15) is 0 Å². The first kappa shape index (κ1) is 33.5. The molecule has 4 aromatic rings. The van der Waals surface area contributed by atoms with Crippen molar-refractivity contribution in [2.24, 2.45) is 0 Å². The van der Waals surface area contributed by atoms with Crippen LogP contribution in [-0.2, 0) is 37.7 Å². The maximum Gasteiger partial charge on any atom is 0.408 e. The Morgan fingerprint density at radius 3 is 2.42 bits per heavy atom. The van der Waals surface area contributed by atoms with Crippen molar-refractivity contribution in [3.63, 3.8) is 0 Å². The Morgan fingerprint density at radius 1 is 1.00 bits per heavy atom. The second-order valence-corrected chi connectivity index (χ2v) is 12.6. The van der Waals surface area contributed by atoms with E-state index in [1.165, 1.54) is 4.90 Å². The molecule has 4 rings (SSSR count). The first-order chi connectivity index (χ1) is 21.5. The summed E-state index contributed by atoms with van der Waals surface area (Å²) < 4.78 is 16.0. The van der Waals surface area contributed by atoms with Crippen molar-refractivity contribution >= 4 is 46.3 Å². The zero-order chi connectivity index (χ0) is 32.6. The number of benzene rings is 3. The Bertz CT molecular complexity index is 1630. The van der Waals surface area contributed by atoms with E-state index in [4.69, 9.17) is 14.2 Å². The van der Waals surface area contributed by atoms with Gasteiger partial charge in [0.05, 0.1) is 20.1 Å². The molecule has 2 amide bonds. The average Bonchev–Trinajstić information content (AvgIpc) is 3.35. The van der Waals surface area contributed by atoms with Crippen LogP contribution < -0.4 is 15.0 Å². The van der Waals surface area contributed by atoms with Crippen molar-refractivity contribution in [3.8, 4) is 5.75 Å². The maximum atomic E-state index is 13.7. The van der Waals surface area contributed by atoms with E-state index in [0.29, 0.717) is 23.8 Å². The molecule has 238 valence electrons. The van der Waals surface area contributed by atoms with E-state index >= 15 is 0 Å². The van der Waals surface area contributed by atoms with Gasteiger partial charge in [0.15, 0.2) is 0 Å². The molecule has 0 radical (unpaired) electrons. The van der Waals surface area contributed by atoms with Crippen LogP contribution in [0.4, 0.5) is 10.5 Å². The van der Waals surface area contributed by atoms with Crippen molar-refractivity contribution in [2.45, 2.75) is 62.8 Å².